The first kappa shape index (κ1) is 9.11. The molecule has 5 heteroatoms. The van der Waals surface area contributed by atoms with Gasteiger partial charge in [-0.1, -0.05) is 6.92 Å². The van der Waals surface area contributed by atoms with Crippen molar-refractivity contribution < 1.29 is 13.6 Å². The lowest BCUT2D eigenvalue weighted by Crippen LogP contribution is -2.01. The third-order valence-corrected chi connectivity index (χ3v) is 1.78. The number of rotatable bonds is 4. The van der Waals surface area contributed by atoms with Crippen LogP contribution in [0.5, 0.6) is 0 Å². The molecule has 0 spiro atoms. The summed E-state index contributed by atoms with van der Waals surface area (Å²) in [6, 6.07) is 0. The van der Waals surface area contributed by atoms with Gasteiger partial charge in [-0.3, -0.25) is 4.52 Å². The van der Waals surface area contributed by atoms with Crippen LogP contribution in [0.15, 0.2) is 0 Å². The van der Waals surface area contributed by atoms with Crippen molar-refractivity contribution in [2.45, 2.75) is 13.3 Å². The molecule has 1 atom stereocenters. The standard InChI is InChI=1S/C4H12NO3P/c1-3-4-8-9(5,6)7-2/h3-4H2,1-2H3,(H2,5,6). The summed E-state index contributed by atoms with van der Waals surface area (Å²) in [4.78, 5) is 0. The Bertz CT molecular complexity index is 116. The fraction of sp³-hybridized carbons (Fsp3) is 1.00. The van der Waals surface area contributed by atoms with Crippen molar-refractivity contribution in [3.63, 3.8) is 0 Å². The van der Waals surface area contributed by atoms with E-state index in [1.54, 1.807) is 0 Å². The Morgan fingerprint density at radius 3 is 2.56 bits per heavy atom. The molecule has 0 aliphatic rings. The summed E-state index contributed by atoms with van der Waals surface area (Å²) in [5, 5.41) is 0. The van der Waals surface area contributed by atoms with Crippen LogP contribution in [-0.2, 0) is 13.6 Å². The molecular formula is C4H12NO3P. The first-order chi connectivity index (χ1) is 4.12. The van der Waals surface area contributed by atoms with Crippen LogP contribution in [0.2, 0.25) is 0 Å². The summed E-state index contributed by atoms with van der Waals surface area (Å²) < 4.78 is 19.7. The zero-order chi connectivity index (χ0) is 7.33. The molecule has 0 radical (unpaired) electrons. The fourth-order valence-corrected chi connectivity index (χ4v) is 0.814. The van der Waals surface area contributed by atoms with E-state index in [1.165, 1.54) is 7.11 Å². The average molecular weight is 153 g/mol. The molecule has 0 fully saturated rings. The smallest absolute Gasteiger partial charge is 0.300 e. The molecule has 0 heterocycles. The van der Waals surface area contributed by atoms with Crippen molar-refractivity contribution in [1.29, 1.82) is 0 Å². The van der Waals surface area contributed by atoms with Crippen LogP contribution in [0.4, 0.5) is 0 Å². The minimum Gasteiger partial charge on any atom is -0.300 e. The van der Waals surface area contributed by atoms with Gasteiger partial charge < -0.3 is 4.52 Å². The first-order valence-corrected chi connectivity index (χ1v) is 4.32. The highest BCUT2D eigenvalue weighted by atomic mass is 31.2. The van der Waals surface area contributed by atoms with Gasteiger partial charge in [0.15, 0.2) is 0 Å². The Morgan fingerprint density at radius 1 is 1.67 bits per heavy atom. The van der Waals surface area contributed by atoms with Crippen LogP contribution in [0.1, 0.15) is 13.3 Å². The van der Waals surface area contributed by atoms with Crippen LogP contribution in [-0.4, -0.2) is 13.7 Å². The molecule has 1 unspecified atom stereocenters. The van der Waals surface area contributed by atoms with Crippen molar-refractivity contribution in [1.82, 2.24) is 0 Å². The summed E-state index contributed by atoms with van der Waals surface area (Å²) in [6.07, 6.45) is 0.782. The molecule has 2 N–H and O–H groups in total. The predicted octanol–water partition coefficient (Wildman–Crippen LogP) is 1.13. The van der Waals surface area contributed by atoms with Crippen molar-refractivity contribution in [3.8, 4) is 0 Å². The molecule has 0 rings (SSSR count). The topological polar surface area (TPSA) is 61.5 Å². The van der Waals surface area contributed by atoms with E-state index >= 15 is 0 Å². The van der Waals surface area contributed by atoms with E-state index in [-0.39, 0.29) is 0 Å². The Morgan fingerprint density at radius 2 is 2.22 bits per heavy atom. The lowest BCUT2D eigenvalue weighted by atomic mass is 10.5. The van der Waals surface area contributed by atoms with Crippen molar-refractivity contribution in [3.05, 3.63) is 0 Å². The number of hydrogen-bond donors (Lipinski definition) is 1. The normalized spacial score (nSPS) is 17.2. The summed E-state index contributed by atoms with van der Waals surface area (Å²) >= 11 is 0. The molecule has 56 valence electrons. The fourth-order valence-electron chi connectivity index (χ4n) is 0.271. The molecule has 0 saturated heterocycles. The molecule has 0 aromatic carbocycles. The minimum absolute atomic E-state index is 0.377. The highest BCUT2D eigenvalue weighted by molar-refractivity contribution is 7.51. The van der Waals surface area contributed by atoms with Gasteiger partial charge in [0.1, 0.15) is 0 Å². The van der Waals surface area contributed by atoms with Gasteiger partial charge in [0, 0.05) is 7.11 Å². The third-order valence-electron chi connectivity index (χ3n) is 0.730. The molecule has 0 aliphatic heterocycles. The van der Waals surface area contributed by atoms with Crippen LogP contribution in [0, 0.1) is 0 Å². The van der Waals surface area contributed by atoms with Gasteiger partial charge in [0.25, 0.3) is 0 Å². The molecular weight excluding hydrogens is 141 g/mol. The summed E-state index contributed by atoms with van der Waals surface area (Å²) in [7, 11) is -1.93. The molecule has 0 amide bonds. The van der Waals surface area contributed by atoms with E-state index in [0.717, 1.165) is 6.42 Å². The zero-order valence-electron chi connectivity index (χ0n) is 5.66. The van der Waals surface area contributed by atoms with Gasteiger partial charge in [-0.05, 0) is 6.42 Å². The van der Waals surface area contributed by atoms with E-state index < -0.39 is 7.75 Å². The molecule has 9 heavy (non-hydrogen) atoms. The van der Waals surface area contributed by atoms with E-state index in [2.05, 4.69) is 9.05 Å². The summed E-state index contributed by atoms with van der Waals surface area (Å²) in [5.41, 5.74) is 5.01. The second-order valence-electron chi connectivity index (χ2n) is 1.56. The molecule has 0 saturated carbocycles. The monoisotopic (exact) mass is 153 g/mol. The van der Waals surface area contributed by atoms with E-state index in [0.29, 0.717) is 6.61 Å². The predicted molar refractivity (Wildman–Crippen MR) is 35.0 cm³/mol. The molecule has 0 bridgehead atoms. The molecule has 0 aromatic heterocycles. The maximum atomic E-state index is 10.7. The third kappa shape index (κ3) is 4.60. The van der Waals surface area contributed by atoms with Crippen molar-refractivity contribution in [2.24, 2.45) is 5.50 Å². The zero-order valence-corrected chi connectivity index (χ0v) is 6.56. The molecule has 0 aliphatic carbocycles. The molecule has 4 nitrogen and oxygen atoms in total. The highest BCUT2D eigenvalue weighted by Crippen LogP contribution is 2.37. The average Bonchev–Trinajstić information content (AvgIpc) is 1.84. The Balaban J connectivity index is 3.46. The number of hydrogen-bond acceptors (Lipinski definition) is 3. The van der Waals surface area contributed by atoms with Gasteiger partial charge in [-0.15, -0.1) is 0 Å². The largest absolute Gasteiger partial charge is 0.402 e. The van der Waals surface area contributed by atoms with Crippen LogP contribution >= 0.6 is 7.75 Å². The van der Waals surface area contributed by atoms with Gasteiger partial charge in [0.05, 0.1) is 6.61 Å². The van der Waals surface area contributed by atoms with Gasteiger partial charge in [0.2, 0.25) is 0 Å². The van der Waals surface area contributed by atoms with E-state index in [4.69, 9.17) is 5.50 Å². The quantitative estimate of drug-likeness (QED) is 0.615. The SMILES string of the molecule is CCCOP(N)(=O)OC. The van der Waals surface area contributed by atoms with Gasteiger partial charge in [-0.25, -0.2) is 10.1 Å². The van der Waals surface area contributed by atoms with Crippen molar-refractivity contribution >= 4 is 7.75 Å². The van der Waals surface area contributed by atoms with Crippen molar-refractivity contribution in [2.75, 3.05) is 13.7 Å². The highest BCUT2D eigenvalue weighted by Gasteiger charge is 2.13. The maximum Gasteiger partial charge on any atom is 0.402 e. The Hall–Kier alpha value is 0.110. The second kappa shape index (κ2) is 4.01. The van der Waals surface area contributed by atoms with Crippen LogP contribution < -0.4 is 5.50 Å². The number of nitrogens with two attached hydrogens (primary N) is 1. The molecule has 0 aromatic rings. The second-order valence-corrected chi connectivity index (χ2v) is 3.26. The first-order valence-electron chi connectivity index (χ1n) is 2.71. The lowest BCUT2D eigenvalue weighted by Gasteiger charge is -2.08. The van der Waals surface area contributed by atoms with Crippen LogP contribution in [0.3, 0.4) is 0 Å². The summed E-state index contributed by atoms with van der Waals surface area (Å²) in [6.45, 7) is 2.28. The maximum absolute atomic E-state index is 10.7. The van der Waals surface area contributed by atoms with E-state index in [1.807, 2.05) is 6.92 Å². The van der Waals surface area contributed by atoms with Gasteiger partial charge >= 0.3 is 7.75 Å². The van der Waals surface area contributed by atoms with E-state index in [9.17, 15) is 4.57 Å². The minimum atomic E-state index is -3.19. The Labute approximate surface area is 54.9 Å². The van der Waals surface area contributed by atoms with Crippen LogP contribution in [0.25, 0.3) is 0 Å². The van der Waals surface area contributed by atoms with Gasteiger partial charge in [-0.2, -0.15) is 0 Å². The summed E-state index contributed by atoms with van der Waals surface area (Å²) in [5.74, 6) is 0. The lowest BCUT2D eigenvalue weighted by molar-refractivity contribution is 0.234. The Kier molecular flexibility index (Phi) is 4.06.